The smallest absolute Gasteiger partial charge is 0.186 e. The van der Waals surface area contributed by atoms with Crippen molar-refractivity contribution in [2.45, 2.75) is 31.7 Å². The maximum atomic E-state index is 9.02. The molecule has 5 N–H and O–H groups in total. The molecule has 4 nitrogen and oxygen atoms in total. The molecule has 0 amide bonds. The van der Waals surface area contributed by atoms with Crippen LogP contribution in [0.2, 0.25) is 0 Å². The Morgan fingerprint density at radius 2 is 2.00 bits per heavy atom. The molecular formula is C8H17N3O. The largest absolute Gasteiger partial charge is 0.396 e. The summed E-state index contributed by atoms with van der Waals surface area (Å²) in [7, 11) is 0. The van der Waals surface area contributed by atoms with Crippen LogP contribution in [0.25, 0.3) is 0 Å². The van der Waals surface area contributed by atoms with E-state index in [4.69, 9.17) is 16.6 Å². The maximum absolute atomic E-state index is 9.02. The lowest BCUT2D eigenvalue weighted by Gasteiger charge is -2.26. The summed E-state index contributed by atoms with van der Waals surface area (Å²) >= 11 is 0. The van der Waals surface area contributed by atoms with Crippen molar-refractivity contribution in [1.29, 1.82) is 0 Å². The molecule has 4 heteroatoms. The number of guanidine groups is 1. The van der Waals surface area contributed by atoms with E-state index in [1.807, 2.05) is 0 Å². The highest BCUT2D eigenvalue weighted by atomic mass is 16.3. The summed E-state index contributed by atoms with van der Waals surface area (Å²) in [6.07, 6.45) is 4.39. The molecule has 70 valence electrons. The molecule has 2 atom stereocenters. The van der Waals surface area contributed by atoms with E-state index >= 15 is 0 Å². The highest BCUT2D eigenvalue weighted by Crippen LogP contribution is 2.26. The molecule has 0 bridgehead atoms. The van der Waals surface area contributed by atoms with Gasteiger partial charge in [-0.05, 0) is 12.8 Å². The van der Waals surface area contributed by atoms with Crippen LogP contribution < -0.4 is 11.5 Å². The first-order chi connectivity index (χ1) is 5.74. The molecular weight excluding hydrogens is 154 g/mol. The fourth-order valence-corrected chi connectivity index (χ4v) is 1.76. The second kappa shape index (κ2) is 4.30. The van der Waals surface area contributed by atoms with Gasteiger partial charge in [0.25, 0.3) is 0 Å². The third-order valence-electron chi connectivity index (χ3n) is 2.42. The third kappa shape index (κ3) is 2.37. The van der Waals surface area contributed by atoms with Crippen LogP contribution in [0.1, 0.15) is 25.7 Å². The Hall–Kier alpha value is -0.770. The molecule has 0 aromatic heterocycles. The van der Waals surface area contributed by atoms with Crippen LogP contribution in [0.3, 0.4) is 0 Å². The quantitative estimate of drug-likeness (QED) is 0.397. The van der Waals surface area contributed by atoms with Crippen LogP contribution in [-0.4, -0.2) is 23.7 Å². The van der Waals surface area contributed by atoms with Crippen molar-refractivity contribution in [2.24, 2.45) is 22.4 Å². The summed E-state index contributed by atoms with van der Waals surface area (Å²) < 4.78 is 0. The highest BCUT2D eigenvalue weighted by molar-refractivity contribution is 5.75. The first-order valence-corrected chi connectivity index (χ1v) is 4.43. The first kappa shape index (κ1) is 9.32. The molecule has 12 heavy (non-hydrogen) atoms. The lowest BCUT2D eigenvalue weighted by atomic mass is 9.85. The van der Waals surface area contributed by atoms with Gasteiger partial charge >= 0.3 is 0 Å². The van der Waals surface area contributed by atoms with Gasteiger partial charge in [0.15, 0.2) is 5.96 Å². The van der Waals surface area contributed by atoms with E-state index < -0.39 is 0 Å². The molecule has 0 aromatic rings. The van der Waals surface area contributed by atoms with Crippen molar-refractivity contribution in [3.05, 3.63) is 0 Å². The topological polar surface area (TPSA) is 84.6 Å². The molecule has 2 unspecified atom stereocenters. The van der Waals surface area contributed by atoms with Crippen molar-refractivity contribution >= 4 is 5.96 Å². The van der Waals surface area contributed by atoms with Gasteiger partial charge in [-0.25, -0.2) is 4.99 Å². The Morgan fingerprint density at radius 1 is 1.33 bits per heavy atom. The Morgan fingerprint density at radius 3 is 2.58 bits per heavy atom. The molecule has 1 fully saturated rings. The SMILES string of the molecule is NC(N)=NC1CCCCC1CO. The van der Waals surface area contributed by atoms with Gasteiger partial charge in [0.2, 0.25) is 0 Å². The molecule has 0 spiro atoms. The zero-order chi connectivity index (χ0) is 8.97. The molecule has 0 aromatic carbocycles. The van der Waals surface area contributed by atoms with Crippen LogP contribution in [0, 0.1) is 5.92 Å². The number of hydrogen-bond acceptors (Lipinski definition) is 2. The Kier molecular flexibility index (Phi) is 3.34. The fourth-order valence-electron chi connectivity index (χ4n) is 1.76. The number of aliphatic imine (C=N–C) groups is 1. The minimum Gasteiger partial charge on any atom is -0.396 e. The van der Waals surface area contributed by atoms with E-state index in [1.54, 1.807) is 0 Å². The zero-order valence-corrected chi connectivity index (χ0v) is 7.24. The molecule has 0 heterocycles. The van der Waals surface area contributed by atoms with E-state index in [1.165, 1.54) is 6.42 Å². The van der Waals surface area contributed by atoms with Gasteiger partial charge in [-0.1, -0.05) is 12.8 Å². The Bertz CT molecular complexity index is 166. The maximum Gasteiger partial charge on any atom is 0.186 e. The average Bonchev–Trinajstić information content (AvgIpc) is 2.04. The normalized spacial score (nSPS) is 29.8. The van der Waals surface area contributed by atoms with Gasteiger partial charge in [0, 0.05) is 12.5 Å². The minimum absolute atomic E-state index is 0.139. The van der Waals surface area contributed by atoms with Gasteiger partial charge in [-0.15, -0.1) is 0 Å². The average molecular weight is 171 g/mol. The molecule has 1 aliphatic carbocycles. The first-order valence-electron chi connectivity index (χ1n) is 4.43. The molecule has 0 aliphatic heterocycles. The van der Waals surface area contributed by atoms with Gasteiger partial charge in [0.1, 0.15) is 0 Å². The highest BCUT2D eigenvalue weighted by Gasteiger charge is 2.23. The van der Waals surface area contributed by atoms with Crippen LogP contribution in [-0.2, 0) is 0 Å². The number of rotatable bonds is 2. The third-order valence-corrected chi connectivity index (χ3v) is 2.42. The van der Waals surface area contributed by atoms with Gasteiger partial charge in [0.05, 0.1) is 6.04 Å². The lowest BCUT2D eigenvalue weighted by molar-refractivity contribution is 0.172. The number of aliphatic hydroxyl groups is 1. The summed E-state index contributed by atoms with van der Waals surface area (Å²) in [6.45, 7) is 0.196. The van der Waals surface area contributed by atoms with Gasteiger partial charge in [-0.2, -0.15) is 0 Å². The summed E-state index contributed by atoms with van der Waals surface area (Å²) in [4.78, 5) is 4.10. The predicted octanol–water partition coefficient (Wildman–Crippen LogP) is -0.189. The summed E-state index contributed by atoms with van der Waals surface area (Å²) in [5.41, 5.74) is 10.6. The van der Waals surface area contributed by atoms with Crippen molar-refractivity contribution in [3.8, 4) is 0 Å². The van der Waals surface area contributed by atoms with E-state index in [0.29, 0.717) is 0 Å². The van der Waals surface area contributed by atoms with E-state index in [2.05, 4.69) is 4.99 Å². The Balaban J connectivity index is 2.53. The van der Waals surface area contributed by atoms with Crippen LogP contribution in [0.15, 0.2) is 4.99 Å². The van der Waals surface area contributed by atoms with E-state index in [9.17, 15) is 0 Å². The molecule has 0 radical (unpaired) electrons. The number of nitrogens with zero attached hydrogens (tertiary/aromatic N) is 1. The van der Waals surface area contributed by atoms with Gasteiger partial charge < -0.3 is 16.6 Å². The van der Waals surface area contributed by atoms with Crippen LogP contribution >= 0.6 is 0 Å². The van der Waals surface area contributed by atoms with Crippen LogP contribution in [0.4, 0.5) is 0 Å². The van der Waals surface area contributed by atoms with Gasteiger partial charge in [-0.3, -0.25) is 0 Å². The molecule has 1 rings (SSSR count). The molecule has 1 saturated carbocycles. The van der Waals surface area contributed by atoms with Crippen molar-refractivity contribution in [2.75, 3.05) is 6.61 Å². The standard InChI is InChI=1S/C8H17N3O/c9-8(10)11-7-4-2-1-3-6(7)5-12/h6-7,12H,1-5H2,(H4,9,10,11). The monoisotopic (exact) mass is 171 g/mol. The summed E-state index contributed by atoms with van der Waals surface area (Å²) in [5.74, 6) is 0.404. The van der Waals surface area contributed by atoms with Crippen LogP contribution in [0.5, 0.6) is 0 Å². The number of nitrogens with two attached hydrogens (primary N) is 2. The number of aliphatic hydroxyl groups excluding tert-OH is 1. The zero-order valence-electron chi connectivity index (χ0n) is 7.24. The summed E-state index contributed by atoms with van der Waals surface area (Å²) in [5, 5.41) is 9.02. The fraction of sp³-hybridized carbons (Fsp3) is 0.875. The van der Waals surface area contributed by atoms with Crippen molar-refractivity contribution in [3.63, 3.8) is 0 Å². The van der Waals surface area contributed by atoms with E-state index in [0.717, 1.165) is 19.3 Å². The number of hydrogen-bond donors (Lipinski definition) is 3. The second-order valence-corrected chi connectivity index (χ2v) is 3.35. The second-order valence-electron chi connectivity index (χ2n) is 3.35. The summed E-state index contributed by atoms with van der Waals surface area (Å²) in [6, 6.07) is 0.147. The Labute approximate surface area is 72.7 Å². The molecule has 1 aliphatic rings. The lowest BCUT2D eigenvalue weighted by Crippen LogP contribution is -2.32. The van der Waals surface area contributed by atoms with Crippen molar-refractivity contribution < 1.29 is 5.11 Å². The van der Waals surface area contributed by atoms with E-state index in [-0.39, 0.29) is 24.5 Å². The minimum atomic E-state index is 0.139. The predicted molar refractivity (Wildman–Crippen MR) is 48.6 cm³/mol. The van der Waals surface area contributed by atoms with Crippen molar-refractivity contribution in [1.82, 2.24) is 0 Å². The molecule has 0 saturated heterocycles.